The Morgan fingerprint density at radius 1 is 1.45 bits per heavy atom. The zero-order valence-electron chi connectivity index (χ0n) is 7.94. The van der Waals surface area contributed by atoms with Crippen LogP contribution in [0.2, 0.25) is 0 Å². The molecule has 0 fully saturated rings. The van der Waals surface area contributed by atoms with Crippen molar-refractivity contribution in [2.75, 3.05) is 7.11 Å². The molecule has 0 unspecified atom stereocenters. The van der Waals surface area contributed by atoms with Crippen molar-refractivity contribution in [2.24, 2.45) is 0 Å². The highest BCUT2D eigenvalue weighted by Gasteiger charge is 2.16. The van der Waals surface area contributed by atoms with Crippen molar-refractivity contribution in [3.63, 3.8) is 0 Å². The number of ketones is 1. The van der Waals surface area contributed by atoms with Crippen LogP contribution in [0.25, 0.3) is 0 Å². The fourth-order valence-corrected chi connectivity index (χ4v) is 0.719. The molecule has 0 aliphatic rings. The monoisotopic (exact) mass is 158 g/mol. The maximum Gasteiger partial charge on any atom is 0.132 e. The molecule has 0 radical (unpaired) electrons. The number of Topliss-reactive ketones (excluding diaryl/α,β-unsaturated/α-hetero) is 1. The van der Waals surface area contributed by atoms with Crippen molar-refractivity contribution in [3.05, 3.63) is 0 Å². The Kier molecular flexibility index (Phi) is 4.34. The summed E-state index contributed by atoms with van der Waals surface area (Å²) >= 11 is 0. The molecule has 11 heavy (non-hydrogen) atoms. The molecule has 0 heterocycles. The quantitative estimate of drug-likeness (QED) is 0.613. The van der Waals surface area contributed by atoms with E-state index in [4.69, 9.17) is 4.74 Å². The van der Waals surface area contributed by atoms with E-state index in [0.29, 0.717) is 18.6 Å². The van der Waals surface area contributed by atoms with Gasteiger partial charge in [-0.2, -0.15) is 0 Å². The molecular formula is C9H18O2. The van der Waals surface area contributed by atoms with Crippen molar-refractivity contribution in [3.8, 4) is 0 Å². The second-order valence-corrected chi connectivity index (χ2v) is 3.36. The lowest BCUT2D eigenvalue weighted by molar-refractivity contribution is -0.120. The van der Waals surface area contributed by atoms with Crippen LogP contribution in [0.4, 0.5) is 0 Å². The molecule has 66 valence electrons. The molecule has 0 rings (SSSR count). The maximum absolute atomic E-state index is 10.9. The smallest absolute Gasteiger partial charge is 0.132 e. The molecular weight excluding hydrogens is 140 g/mol. The first-order chi connectivity index (χ1) is 5.02. The topological polar surface area (TPSA) is 26.3 Å². The SMILES string of the molecule is CCC(=O)CCC(C)(C)OC. The van der Waals surface area contributed by atoms with Gasteiger partial charge in [-0.25, -0.2) is 0 Å². The van der Waals surface area contributed by atoms with Gasteiger partial charge in [0.25, 0.3) is 0 Å². The van der Waals surface area contributed by atoms with Crippen molar-refractivity contribution < 1.29 is 9.53 Å². The van der Waals surface area contributed by atoms with E-state index in [9.17, 15) is 4.79 Å². The summed E-state index contributed by atoms with van der Waals surface area (Å²) in [6.07, 6.45) is 2.09. The van der Waals surface area contributed by atoms with Crippen LogP contribution >= 0.6 is 0 Å². The highest BCUT2D eigenvalue weighted by atomic mass is 16.5. The van der Waals surface area contributed by atoms with Crippen LogP contribution in [0.5, 0.6) is 0 Å². The summed E-state index contributed by atoms with van der Waals surface area (Å²) in [4.78, 5) is 10.9. The molecule has 0 atom stereocenters. The van der Waals surface area contributed by atoms with Crippen LogP contribution in [0.1, 0.15) is 40.0 Å². The molecule has 2 heteroatoms. The molecule has 0 saturated carbocycles. The van der Waals surface area contributed by atoms with E-state index in [-0.39, 0.29) is 5.60 Å². The summed E-state index contributed by atoms with van der Waals surface area (Å²) < 4.78 is 5.18. The van der Waals surface area contributed by atoms with Gasteiger partial charge in [0.15, 0.2) is 0 Å². The first-order valence-corrected chi connectivity index (χ1v) is 4.08. The van der Waals surface area contributed by atoms with Crippen molar-refractivity contribution in [2.45, 2.75) is 45.6 Å². The van der Waals surface area contributed by atoms with Gasteiger partial charge >= 0.3 is 0 Å². The number of ether oxygens (including phenoxy) is 1. The van der Waals surface area contributed by atoms with Gasteiger partial charge in [0, 0.05) is 20.0 Å². The fraction of sp³-hybridized carbons (Fsp3) is 0.889. The van der Waals surface area contributed by atoms with E-state index < -0.39 is 0 Å². The number of hydrogen-bond donors (Lipinski definition) is 0. The van der Waals surface area contributed by atoms with Crippen LogP contribution in [-0.2, 0) is 9.53 Å². The first kappa shape index (κ1) is 10.6. The summed E-state index contributed by atoms with van der Waals surface area (Å²) in [5.41, 5.74) is -0.148. The Hall–Kier alpha value is -0.370. The Bertz CT molecular complexity index is 128. The van der Waals surface area contributed by atoms with Gasteiger partial charge in [-0.15, -0.1) is 0 Å². The van der Waals surface area contributed by atoms with E-state index in [1.807, 2.05) is 20.8 Å². The van der Waals surface area contributed by atoms with E-state index in [0.717, 1.165) is 6.42 Å². The minimum absolute atomic E-state index is 0.148. The minimum Gasteiger partial charge on any atom is -0.379 e. The van der Waals surface area contributed by atoms with E-state index in [1.165, 1.54) is 0 Å². The summed E-state index contributed by atoms with van der Waals surface area (Å²) in [5.74, 6) is 0.315. The van der Waals surface area contributed by atoms with Gasteiger partial charge in [0.2, 0.25) is 0 Å². The van der Waals surface area contributed by atoms with Crippen molar-refractivity contribution >= 4 is 5.78 Å². The number of hydrogen-bond acceptors (Lipinski definition) is 2. The third-order valence-electron chi connectivity index (χ3n) is 1.95. The number of carbonyl (C=O) groups excluding carboxylic acids is 1. The van der Waals surface area contributed by atoms with Crippen molar-refractivity contribution in [1.82, 2.24) is 0 Å². The minimum atomic E-state index is -0.148. The number of rotatable bonds is 5. The average molecular weight is 158 g/mol. The predicted molar refractivity (Wildman–Crippen MR) is 45.6 cm³/mol. The van der Waals surface area contributed by atoms with Gasteiger partial charge < -0.3 is 4.74 Å². The van der Waals surface area contributed by atoms with Gasteiger partial charge in [-0.3, -0.25) is 4.79 Å². The number of carbonyl (C=O) groups is 1. The molecule has 0 aromatic rings. The lowest BCUT2D eigenvalue weighted by atomic mass is 10.00. The second-order valence-electron chi connectivity index (χ2n) is 3.36. The summed E-state index contributed by atoms with van der Waals surface area (Å²) in [5, 5.41) is 0. The van der Waals surface area contributed by atoms with Gasteiger partial charge in [0.05, 0.1) is 5.60 Å². The van der Waals surface area contributed by atoms with Crippen molar-refractivity contribution in [1.29, 1.82) is 0 Å². The third-order valence-corrected chi connectivity index (χ3v) is 1.95. The van der Waals surface area contributed by atoms with E-state index in [1.54, 1.807) is 7.11 Å². The molecule has 0 aromatic heterocycles. The fourth-order valence-electron chi connectivity index (χ4n) is 0.719. The molecule has 0 bridgehead atoms. The molecule has 0 spiro atoms. The van der Waals surface area contributed by atoms with Crippen LogP contribution in [0, 0.1) is 0 Å². The lowest BCUT2D eigenvalue weighted by Gasteiger charge is -2.21. The zero-order valence-corrected chi connectivity index (χ0v) is 7.94. The van der Waals surface area contributed by atoms with Gasteiger partial charge in [-0.05, 0) is 20.3 Å². The summed E-state index contributed by atoms with van der Waals surface area (Å²) in [6, 6.07) is 0. The van der Waals surface area contributed by atoms with Crippen LogP contribution in [0.15, 0.2) is 0 Å². The number of methoxy groups -OCH3 is 1. The Balaban J connectivity index is 3.61. The van der Waals surface area contributed by atoms with Crippen LogP contribution < -0.4 is 0 Å². The molecule has 0 aliphatic carbocycles. The first-order valence-electron chi connectivity index (χ1n) is 4.08. The van der Waals surface area contributed by atoms with Crippen LogP contribution in [-0.4, -0.2) is 18.5 Å². The maximum atomic E-state index is 10.9. The molecule has 2 nitrogen and oxygen atoms in total. The normalized spacial score (nSPS) is 11.6. The highest BCUT2D eigenvalue weighted by molar-refractivity contribution is 5.78. The van der Waals surface area contributed by atoms with Gasteiger partial charge in [-0.1, -0.05) is 6.92 Å². The molecule has 0 saturated heterocycles. The molecule has 0 N–H and O–H groups in total. The highest BCUT2D eigenvalue weighted by Crippen LogP contribution is 2.15. The van der Waals surface area contributed by atoms with Crippen LogP contribution in [0.3, 0.4) is 0 Å². The average Bonchev–Trinajstić information content (AvgIpc) is 2.00. The largest absolute Gasteiger partial charge is 0.379 e. The Morgan fingerprint density at radius 3 is 2.36 bits per heavy atom. The third kappa shape index (κ3) is 4.96. The standard InChI is InChI=1S/C9H18O2/c1-5-8(10)6-7-9(2,3)11-4/h5-7H2,1-4H3. The zero-order chi connectivity index (χ0) is 8.91. The summed E-state index contributed by atoms with van der Waals surface area (Å²) in [6.45, 7) is 5.88. The van der Waals surface area contributed by atoms with E-state index >= 15 is 0 Å². The van der Waals surface area contributed by atoms with E-state index in [2.05, 4.69) is 0 Å². The Labute approximate surface area is 68.9 Å². The Morgan fingerprint density at radius 2 is 2.00 bits per heavy atom. The predicted octanol–water partition coefficient (Wildman–Crippen LogP) is 2.17. The molecule has 0 aliphatic heterocycles. The summed E-state index contributed by atoms with van der Waals surface area (Å²) in [7, 11) is 1.68. The molecule has 0 amide bonds. The molecule has 0 aromatic carbocycles. The lowest BCUT2D eigenvalue weighted by Crippen LogP contribution is -2.23. The second kappa shape index (κ2) is 4.50. The van der Waals surface area contributed by atoms with Gasteiger partial charge in [0.1, 0.15) is 5.78 Å².